The first-order chi connectivity index (χ1) is 6.57. The van der Waals surface area contributed by atoms with Gasteiger partial charge in [0.25, 0.3) is 5.91 Å². The van der Waals surface area contributed by atoms with Gasteiger partial charge >= 0.3 is 0 Å². The van der Waals surface area contributed by atoms with Crippen molar-refractivity contribution >= 4 is 17.5 Å². The molecule has 0 N–H and O–H groups in total. The molecule has 0 atom stereocenters. The summed E-state index contributed by atoms with van der Waals surface area (Å²) in [6.45, 7) is 1.74. The van der Waals surface area contributed by atoms with Crippen molar-refractivity contribution in [1.82, 2.24) is 10.0 Å². The topological polar surface area (TPSA) is 42.4 Å². The molecule has 5 heteroatoms. The van der Waals surface area contributed by atoms with E-state index in [9.17, 15) is 4.79 Å². The zero-order valence-corrected chi connectivity index (χ0v) is 9.00. The lowest BCUT2D eigenvalue weighted by Crippen LogP contribution is -2.26. The third kappa shape index (κ3) is 2.02. The summed E-state index contributed by atoms with van der Waals surface area (Å²) in [5.41, 5.74) is 1.15. The summed E-state index contributed by atoms with van der Waals surface area (Å²) in [7, 11) is 2.96. The smallest absolute Gasteiger partial charge is 0.274 e. The van der Waals surface area contributed by atoms with Gasteiger partial charge in [0, 0.05) is 18.8 Å². The predicted molar refractivity (Wildman–Crippen MR) is 53.1 cm³/mol. The van der Waals surface area contributed by atoms with Gasteiger partial charge in [0.1, 0.15) is 5.15 Å². The number of hydroxylamine groups is 2. The van der Waals surface area contributed by atoms with E-state index in [-0.39, 0.29) is 5.91 Å². The Hall–Kier alpha value is -1.13. The summed E-state index contributed by atoms with van der Waals surface area (Å²) < 4.78 is 0. The predicted octanol–water partition coefficient (Wildman–Crippen LogP) is 1.68. The SMILES string of the molecule is CON(C)C(=O)c1ccnc(Cl)c1C. The summed E-state index contributed by atoms with van der Waals surface area (Å²) in [6, 6.07) is 1.61. The van der Waals surface area contributed by atoms with Gasteiger partial charge in [-0.1, -0.05) is 11.6 Å². The van der Waals surface area contributed by atoms with Crippen molar-refractivity contribution in [2.24, 2.45) is 0 Å². The highest BCUT2D eigenvalue weighted by Gasteiger charge is 2.15. The second-order valence-corrected chi connectivity index (χ2v) is 3.12. The molecule has 0 spiro atoms. The van der Waals surface area contributed by atoms with Crippen LogP contribution in [0.3, 0.4) is 0 Å². The van der Waals surface area contributed by atoms with Crippen LogP contribution in [0.4, 0.5) is 0 Å². The Morgan fingerprint density at radius 1 is 1.64 bits per heavy atom. The number of hydrogen-bond acceptors (Lipinski definition) is 3. The van der Waals surface area contributed by atoms with E-state index in [0.717, 1.165) is 5.06 Å². The van der Waals surface area contributed by atoms with Gasteiger partial charge in [-0.3, -0.25) is 9.63 Å². The Labute approximate surface area is 87.4 Å². The van der Waals surface area contributed by atoms with E-state index in [1.165, 1.54) is 20.4 Å². The molecule has 1 aromatic heterocycles. The summed E-state index contributed by atoms with van der Waals surface area (Å²) in [5, 5.41) is 1.47. The van der Waals surface area contributed by atoms with Gasteiger partial charge in [0.15, 0.2) is 0 Å². The minimum Gasteiger partial charge on any atom is -0.274 e. The standard InChI is InChI=1S/C9H11ClN2O2/c1-6-7(4-5-11-8(6)10)9(13)12(2)14-3/h4-5H,1-3H3. The molecule has 1 heterocycles. The number of pyridine rings is 1. The highest BCUT2D eigenvalue weighted by Crippen LogP contribution is 2.16. The first-order valence-corrected chi connectivity index (χ1v) is 4.39. The van der Waals surface area contributed by atoms with Crippen molar-refractivity contribution in [3.05, 3.63) is 28.5 Å². The van der Waals surface area contributed by atoms with Crippen LogP contribution in [0.1, 0.15) is 15.9 Å². The largest absolute Gasteiger partial charge is 0.277 e. The molecular formula is C9H11ClN2O2. The van der Waals surface area contributed by atoms with E-state index in [1.54, 1.807) is 13.0 Å². The Balaban J connectivity index is 3.07. The van der Waals surface area contributed by atoms with Crippen LogP contribution in [-0.2, 0) is 4.84 Å². The van der Waals surface area contributed by atoms with Crippen molar-refractivity contribution in [3.8, 4) is 0 Å². The number of rotatable bonds is 2. The second-order valence-electron chi connectivity index (χ2n) is 2.76. The highest BCUT2D eigenvalue weighted by atomic mass is 35.5. The maximum Gasteiger partial charge on any atom is 0.277 e. The van der Waals surface area contributed by atoms with Crippen LogP contribution in [0.2, 0.25) is 5.15 Å². The molecule has 0 fully saturated rings. The van der Waals surface area contributed by atoms with Crippen LogP contribution in [0.5, 0.6) is 0 Å². The first-order valence-electron chi connectivity index (χ1n) is 4.01. The lowest BCUT2D eigenvalue weighted by molar-refractivity contribution is -0.0757. The molecule has 0 radical (unpaired) electrons. The van der Waals surface area contributed by atoms with Crippen molar-refractivity contribution in [2.75, 3.05) is 14.2 Å². The average molecular weight is 215 g/mol. The molecule has 0 unspecified atom stereocenters. The minimum absolute atomic E-state index is 0.241. The van der Waals surface area contributed by atoms with Crippen molar-refractivity contribution in [3.63, 3.8) is 0 Å². The summed E-state index contributed by atoms with van der Waals surface area (Å²) in [5.74, 6) is -0.241. The molecule has 0 saturated heterocycles. The Kier molecular flexibility index (Phi) is 3.43. The molecule has 0 aliphatic rings. The van der Waals surface area contributed by atoms with Gasteiger partial charge in [-0.25, -0.2) is 10.0 Å². The maximum atomic E-state index is 11.7. The fraction of sp³-hybridized carbons (Fsp3) is 0.333. The number of nitrogens with zero attached hydrogens (tertiary/aromatic N) is 2. The van der Waals surface area contributed by atoms with Gasteiger partial charge in [0.05, 0.1) is 7.11 Å². The number of amides is 1. The summed E-state index contributed by atoms with van der Waals surface area (Å²) in [6.07, 6.45) is 1.49. The maximum absolute atomic E-state index is 11.7. The van der Waals surface area contributed by atoms with Crippen molar-refractivity contribution in [2.45, 2.75) is 6.92 Å². The van der Waals surface area contributed by atoms with E-state index in [0.29, 0.717) is 16.3 Å². The van der Waals surface area contributed by atoms with Crippen LogP contribution < -0.4 is 0 Å². The minimum atomic E-state index is -0.241. The second kappa shape index (κ2) is 4.39. The monoisotopic (exact) mass is 214 g/mol. The molecule has 0 saturated carbocycles. The van der Waals surface area contributed by atoms with Gasteiger partial charge in [0.2, 0.25) is 0 Å². The molecule has 76 valence electrons. The average Bonchev–Trinajstić information content (AvgIpc) is 2.20. The molecule has 0 aliphatic heterocycles. The lowest BCUT2D eigenvalue weighted by Gasteiger charge is -2.14. The van der Waals surface area contributed by atoms with E-state index in [1.807, 2.05) is 0 Å². The summed E-state index contributed by atoms with van der Waals surface area (Å²) in [4.78, 5) is 20.3. The van der Waals surface area contributed by atoms with Crippen LogP contribution in [-0.4, -0.2) is 30.1 Å². The molecule has 0 bridgehead atoms. The molecule has 0 aromatic carbocycles. The van der Waals surface area contributed by atoms with Crippen LogP contribution in [0.15, 0.2) is 12.3 Å². The number of aromatic nitrogens is 1. The normalized spacial score (nSPS) is 10.0. The number of halogens is 1. The molecular weight excluding hydrogens is 204 g/mol. The molecule has 14 heavy (non-hydrogen) atoms. The molecule has 1 aromatic rings. The third-order valence-electron chi connectivity index (χ3n) is 1.93. The van der Waals surface area contributed by atoms with Crippen molar-refractivity contribution < 1.29 is 9.63 Å². The molecule has 1 amide bonds. The van der Waals surface area contributed by atoms with Crippen LogP contribution in [0.25, 0.3) is 0 Å². The van der Waals surface area contributed by atoms with Gasteiger partial charge < -0.3 is 0 Å². The summed E-state index contributed by atoms with van der Waals surface area (Å²) >= 11 is 5.78. The Morgan fingerprint density at radius 3 is 2.86 bits per heavy atom. The zero-order chi connectivity index (χ0) is 10.7. The van der Waals surface area contributed by atoms with E-state index < -0.39 is 0 Å². The van der Waals surface area contributed by atoms with Crippen LogP contribution in [0, 0.1) is 6.92 Å². The van der Waals surface area contributed by atoms with E-state index >= 15 is 0 Å². The first kappa shape index (κ1) is 10.9. The van der Waals surface area contributed by atoms with Gasteiger partial charge in [-0.05, 0) is 18.6 Å². The molecule has 4 nitrogen and oxygen atoms in total. The number of carbonyl (C=O) groups excluding carboxylic acids is 1. The van der Waals surface area contributed by atoms with Crippen molar-refractivity contribution in [1.29, 1.82) is 0 Å². The fourth-order valence-corrected chi connectivity index (χ4v) is 1.15. The quantitative estimate of drug-likeness (QED) is 0.556. The molecule has 0 aliphatic carbocycles. The lowest BCUT2D eigenvalue weighted by atomic mass is 10.1. The van der Waals surface area contributed by atoms with E-state index in [4.69, 9.17) is 16.4 Å². The number of carbonyl (C=O) groups is 1. The van der Waals surface area contributed by atoms with Gasteiger partial charge in [-0.2, -0.15) is 0 Å². The fourth-order valence-electron chi connectivity index (χ4n) is 0.994. The highest BCUT2D eigenvalue weighted by molar-refractivity contribution is 6.30. The number of hydrogen-bond donors (Lipinski definition) is 0. The molecule has 1 rings (SSSR count). The Morgan fingerprint density at radius 2 is 2.29 bits per heavy atom. The zero-order valence-electron chi connectivity index (χ0n) is 8.24. The van der Waals surface area contributed by atoms with E-state index in [2.05, 4.69) is 4.98 Å². The van der Waals surface area contributed by atoms with Gasteiger partial charge in [-0.15, -0.1) is 0 Å². The van der Waals surface area contributed by atoms with Crippen LogP contribution >= 0.6 is 11.6 Å². The third-order valence-corrected chi connectivity index (χ3v) is 2.31. The Bertz CT molecular complexity index is 355.